The van der Waals surface area contributed by atoms with Crippen molar-refractivity contribution in [1.82, 2.24) is 5.32 Å². The van der Waals surface area contributed by atoms with Gasteiger partial charge in [-0.15, -0.1) is 0 Å². The first-order valence-corrected chi connectivity index (χ1v) is 5.63. The molecule has 84 valence electrons. The maximum Gasteiger partial charge on any atom is 0.0214 e. The van der Waals surface area contributed by atoms with Gasteiger partial charge in [-0.2, -0.15) is 0 Å². The minimum Gasteiger partial charge on any atom is -1.00 e. The number of halogens is 1. The van der Waals surface area contributed by atoms with Crippen LogP contribution in [0.15, 0.2) is 42.5 Å². The van der Waals surface area contributed by atoms with Crippen molar-refractivity contribution >= 4 is 10.8 Å². The molecule has 0 spiro atoms. The number of hydrogen-bond donors (Lipinski definition) is 1. The van der Waals surface area contributed by atoms with Crippen LogP contribution in [0.3, 0.4) is 0 Å². The van der Waals surface area contributed by atoms with Gasteiger partial charge in [0, 0.05) is 12.6 Å². The van der Waals surface area contributed by atoms with E-state index >= 15 is 0 Å². The van der Waals surface area contributed by atoms with E-state index in [0.29, 0.717) is 0 Å². The number of benzene rings is 2. The zero-order valence-corrected chi connectivity index (χ0v) is 9.87. The summed E-state index contributed by atoms with van der Waals surface area (Å²) in [6, 6.07) is 15.9. The van der Waals surface area contributed by atoms with Crippen LogP contribution in [-0.4, -0.2) is 6.04 Å². The van der Waals surface area contributed by atoms with Crippen molar-refractivity contribution in [2.24, 2.45) is 0 Å². The molecule has 0 amide bonds. The largest absolute Gasteiger partial charge is 1.00 e. The smallest absolute Gasteiger partial charge is 0.0214 e. The zero-order chi connectivity index (χ0) is 10.1. The number of nitrogens with one attached hydrogen (secondary N) is 1. The summed E-state index contributed by atoms with van der Waals surface area (Å²) in [4.78, 5) is 0. The normalized spacial score (nSPS) is 14.8. The van der Waals surface area contributed by atoms with Crippen LogP contribution in [0.5, 0.6) is 0 Å². The fourth-order valence-electron chi connectivity index (χ4n) is 1.99. The van der Waals surface area contributed by atoms with Crippen LogP contribution >= 0.6 is 0 Å². The molecule has 2 heteroatoms. The Bertz CT molecular complexity index is 472. The lowest BCUT2D eigenvalue weighted by molar-refractivity contribution is -0.00000300. The van der Waals surface area contributed by atoms with Gasteiger partial charge in [0.05, 0.1) is 0 Å². The summed E-state index contributed by atoms with van der Waals surface area (Å²) in [5, 5.41) is 6.29. The molecule has 0 unspecified atom stereocenters. The highest BCUT2D eigenvalue weighted by molar-refractivity contribution is 5.85. The highest BCUT2D eigenvalue weighted by atomic mass is 35.5. The Morgan fingerprint density at radius 3 is 2.56 bits per heavy atom. The van der Waals surface area contributed by atoms with Gasteiger partial charge in [-0.05, 0) is 29.2 Å². The first-order chi connectivity index (χ1) is 7.43. The predicted octanol–water partition coefficient (Wildman–Crippen LogP) is 0.0958. The first-order valence-electron chi connectivity index (χ1n) is 5.63. The van der Waals surface area contributed by atoms with E-state index in [0.717, 1.165) is 12.6 Å². The van der Waals surface area contributed by atoms with Crippen molar-refractivity contribution < 1.29 is 12.4 Å². The summed E-state index contributed by atoms with van der Waals surface area (Å²) in [7, 11) is 0. The Morgan fingerprint density at radius 1 is 1.00 bits per heavy atom. The van der Waals surface area contributed by atoms with Crippen LogP contribution in [-0.2, 0) is 6.54 Å². The second-order valence-corrected chi connectivity index (χ2v) is 4.29. The molecule has 1 N–H and O–H groups in total. The second kappa shape index (κ2) is 4.86. The van der Waals surface area contributed by atoms with Gasteiger partial charge in [-0.3, -0.25) is 0 Å². The standard InChI is InChI=1S/C14H15N.ClH/c1-2-7-14-11(4-1)5-3-6-12(14)10-15-13-8-9-13;/h1-7,13,15H,8-10H2;1H/p-1. The van der Waals surface area contributed by atoms with Crippen molar-refractivity contribution in [2.45, 2.75) is 25.4 Å². The van der Waals surface area contributed by atoms with E-state index in [9.17, 15) is 0 Å². The predicted molar refractivity (Wildman–Crippen MR) is 63.8 cm³/mol. The molecule has 1 aliphatic carbocycles. The zero-order valence-electron chi connectivity index (χ0n) is 9.12. The summed E-state index contributed by atoms with van der Waals surface area (Å²) >= 11 is 0. The fourth-order valence-corrected chi connectivity index (χ4v) is 1.99. The lowest BCUT2D eigenvalue weighted by atomic mass is 10.0. The van der Waals surface area contributed by atoms with Gasteiger partial charge in [-0.1, -0.05) is 42.5 Å². The molecule has 2 aromatic rings. The fraction of sp³-hybridized carbons (Fsp3) is 0.286. The lowest BCUT2D eigenvalue weighted by Crippen LogP contribution is -3.00. The summed E-state index contributed by atoms with van der Waals surface area (Å²) in [6.45, 7) is 1.01. The molecular formula is C14H15ClN-. The molecule has 0 aliphatic heterocycles. The quantitative estimate of drug-likeness (QED) is 0.792. The molecule has 0 aromatic heterocycles. The van der Waals surface area contributed by atoms with Gasteiger partial charge in [0.15, 0.2) is 0 Å². The van der Waals surface area contributed by atoms with E-state index in [2.05, 4.69) is 47.8 Å². The number of rotatable bonds is 3. The first kappa shape index (κ1) is 11.4. The molecule has 0 saturated heterocycles. The molecule has 1 saturated carbocycles. The van der Waals surface area contributed by atoms with Crippen LogP contribution in [0, 0.1) is 0 Å². The maximum absolute atomic E-state index is 3.57. The molecule has 16 heavy (non-hydrogen) atoms. The molecule has 0 bridgehead atoms. The van der Waals surface area contributed by atoms with Gasteiger partial charge in [0.1, 0.15) is 0 Å². The van der Waals surface area contributed by atoms with Crippen molar-refractivity contribution in [1.29, 1.82) is 0 Å². The molecule has 1 fully saturated rings. The monoisotopic (exact) mass is 232 g/mol. The van der Waals surface area contributed by atoms with Crippen molar-refractivity contribution in [3.8, 4) is 0 Å². The van der Waals surface area contributed by atoms with E-state index in [1.54, 1.807) is 0 Å². The van der Waals surface area contributed by atoms with E-state index < -0.39 is 0 Å². The molecule has 2 aromatic carbocycles. The van der Waals surface area contributed by atoms with Gasteiger partial charge in [0.2, 0.25) is 0 Å². The van der Waals surface area contributed by atoms with E-state index in [1.165, 1.54) is 29.2 Å². The third-order valence-electron chi connectivity index (χ3n) is 3.04. The Hall–Kier alpha value is -1.05. The van der Waals surface area contributed by atoms with Gasteiger partial charge in [0.25, 0.3) is 0 Å². The van der Waals surface area contributed by atoms with Crippen LogP contribution in [0.2, 0.25) is 0 Å². The molecule has 1 aliphatic rings. The lowest BCUT2D eigenvalue weighted by Gasteiger charge is -2.07. The van der Waals surface area contributed by atoms with Crippen LogP contribution in [0.4, 0.5) is 0 Å². The Labute approximate surface area is 102 Å². The van der Waals surface area contributed by atoms with E-state index in [1.807, 2.05) is 0 Å². The van der Waals surface area contributed by atoms with Gasteiger partial charge < -0.3 is 17.7 Å². The summed E-state index contributed by atoms with van der Waals surface area (Å²) in [6.07, 6.45) is 2.70. The average molecular weight is 233 g/mol. The third kappa shape index (κ3) is 2.37. The summed E-state index contributed by atoms with van der Waals surface area (Å²) in [5.74, 6) is 0. The van der Waals surface area contributed by atoms with Crippen molar-refractivity contribution in [2.75, 3.05) is 0 Å². The molecule has 1 nitrogen and oxygen atoms in total. The Kier molecular flexibility index (Phi) is 3.47. The average Bonchev–Trinajstić information content (AvgIpc) is 3.10. The Morgan fingerprint density at radius 2 is 1.75 bits per heavy atom. The van der Waals surface area contributed by atoms with Crippen molar-refractivity contribution in [3.05, 3.63) is 48.0 Å². The van der Waals surface area contributed by atoms with Crippen LogP contribution in [0.1, 0.15) is 18.4 Å². The van der Waals surface area contributed by atoms with Crippen molar-refractivity contribution in [3.63, 3.8) is 0 Å². The molecular weight excluding hydrogens is 218 g/mol. The minimum atomic E-state index is 0. The topological polar surface area (TPSA) is 12.0 Å². The SMILES string of the molecule is [Cl-].c1ccc2c(CNC3CC3)cccc2c1. The molecule has 0 atom stereocenters. The van der Waals surface area contributed by atoms with Gasteiger partial charge in [-0.25, -0.2) is 0 Å². The minimum absolute atomic E-state index is 0. The van der Waals surface area contributed by atoms with Gasteiger partial charge >= 0.3 is 0 Å². The Balaban J connectivity index is 0.000000963. The highest BCUT2D eigenvalue weighted by Gasteiger charge is 2.20. The molecule has 3 rings (SSSR count). The van der Waals surface area contributed by atoms with Crippen LogP contribution in [0.25, 0.3) is 10.8 Å². The van der Waals surface area contributed by atoms with E-state index in [4.69, 9.17) is 0 Å². The molecule has 0 radical (unpaired) electrons. The molecule has 0 heterocycles. The van der Waals surface area contributed by atoms with E-state index in [-0.39, 0.29) is 12.4 Å². The maximum atomic E-state index is 3.57. The number of hydrogen-bond acceptors (Lipinski definition) is 1. The second-order valence-electron chi connectivity index (χ2n) is 4.29. The summed E-state index contributed by atoms with van der Waals surface area (Å²) in [5.41, 5.74) is 1.42. The van der Waals surface area contributed by atoms with Crippen LogP contribution < -0.4 is 17.7 Å². The summed E-state index contributed by atoms with van der Waals surface area (Å²) < 4.78 is 0. The number of fused-ring (bicyclic) bond motifs is 1. The third-order valence-corrected chi connectivity index (χ3v) is 3.04. The highest BCUT2D eigenvalue weighted by Crippen LogP contribution is 2.22.